The molecule has 40 heavy (non-hydrogen) atoms. The van der Waals surface area contributed by atoms with Crippen molar-refractivity contribution in [2.45, 2.75) is 143 Å². The first-order chi connectivity index (χ1) is 18.0. The SMILES string of the molecule is Cc1cc(CC(C)(C(=O)OC2CC(C)(C)N(C)C(C)(C)C2)C(=O)OC2CC(C)(C)N(C)C(C)(C)C2)cc(C)c1O. The zero-order chi connectivity index (χ0) is 30.6. The van der Waals surface area contributed by atoms with Crippen molar-refractivity contribution in [2.75, 3.05) is 14.1 Å². The summed E-state index contributed by atoms with van der Waals surface area (Å²) >= 11 is 0. The third-order valence-electron chi connectivity index (χ3n) is 10.1. The fraction of sp³-hybridized carbons (Fsp3) is 0.758. The van der Waals surface area contributed by atoms with Gasteiger partial charge in [0, 0.05) is 47.8 Å². The summed E-state index contributed by atoms with van der Waals surface area (Å²) in [6.07, 6.45) is 2.22. The van der Waals surface area contributed by atoms with Gasteiger partial charge in [-0.2, -0.15) is 0 Å². The summed E-state index contributed by atoms with van der Waals surface area (Å²) in [6.45, 7) is 22.6. The molecule has 226 valence electrons. The van der Waals surface area contributed by atoms with Crippen molar-refractivity contribution < 1.29 is 24.2 Å². The van der Waals surface area contributed by atoms with Crippen molar-refractivity contribution in [1.82, 2.24) is 9.80 Å². The van der Waals surface area contributed by atoms with Crippen molar-refractivity contribution in [1.29, 1.82) is 0 Å². The number of ether oxygens (including phenoxy) is 2. The molecule has 0 atom stereocenters. The molecule has 2 aliphatic rings. The Morgan fingerprint density at radius 1 is 0.775 bits per heavy atom. The van der Waals surface area contributed by atoms with E-state index < -0.39 is 17.4 Å². The van der Waals surface area contributed by atoms with Crippen LogP contribution in [0.4, 0.5) is 0 Å². The Bertz CT molecular complexity index is 1020. The van der Waals surface area contributed by atoms with Gasteiger partial charge in [-0.25, -0.2) is 0 Å². The maximum Gasteiger partial charge on any atom is 0.323 e. The highest BCUT2D eigenvalue weighted by molar-refractivity contribution is 6.00. The summed E-state index contributed by atoms with van der Waals surface area (Å²) in [4.78, 5) is 32.8. The molecule has 0 amide bonds. The van der Waals surface area contributed by atoms with E-state index in [1.807, 2.05) is 26.0 Å². The number of carbonyl (C=O) groups excluding carboxylic acids is 2. The number of carbonyl (C=O) groups is 2. The molecular weight excluding hydrogens is 504 g/mol. The lowest BCUT2D eigenvalue weighted by Crippen LogP contribution is -2.61. The molecule has 0 radical (unpaired) electrons. The van der Waals surface area contributed by atoms with Crippen molar-refractivity contribution in [3.63, 3.8) is 0 Å². The van der Waals surface area contributed by atoms with Crippen molar-refractivity contribution >= 4 is 11.9 Å². The van der Waals surface area contributed by atoms with Crippen LogP contribution in [-0.4, -0.2) is 75.3 Å². The maximum absolute atomic E-state index is 14.1. The minimum absolute atomic E-state index is 0.130. The van der Waals surface area contributed by atoms with E-state index in [0.29, 0.717) is 36.8 Å². The van der Waals surface area contributed by atoms with E-state index >= 15 is 0 Å². The topological polar surface area (TPSA) is 79.3 Å². The summed E-state index contributed by atoms with van der Waals surface area (Å²) in [5, 5.41) is 10.3. The molecular formula is C33H54N2O5. The van der Waals surface area contributed by atoms with Crippen LogP contribution >= 0.6 is 0 Å². The molecule has 0 bridgehead atoms. The molecule has 0 spiro atoms. The molecule has 2 fully saturated rings. The highest BCUT2D eigenvalue weighted by Gasteiger charge is 2.51. The molecule has 1 N–H and O–H groups in total. The van der Waals surface area contributed by atoms with Gasteiger partial charge in [-0.05, 0) is 113 Å². The highest BCUT2D eigenvalue weighted by atomic mass is 16.6. The minimum Gasteiger partial charge on any atom is -0.507 e. The van der Waals surface area contributed by atoms with E-state index in [2.05, 4.69) is 79.3 Å². The smallest absolute Gasteiger partial charge is 0.323 e. The number of benzene rings is 1. The zero-order valence-corrected chi connectivity index (χ0v) is 27.3. The summed E-state index contributed by atoms with van der Waals surface area (Å²) < 4.78 is 12.4. The molecule has 0 unspecified atom stereocenters. The molecule has 0 aromatic heterocycles. The van der Waals surface area contributed by atoms with Crippen LogP contribution in [0, 0.1) is 19.3 Å². The quantitative estimate of drug-likeness (QED) is 0.342. The lowest BCUT2D eigenvalue weighted by Gasteiger charge is -2.53. The fourth-order valence-electron chi connectivity index (χ4n) is 7.07. The number of rotatable bonds is 6. The number of phenols is 1. The Morgan fingerprint density at radius 3 is 1.38 bits per heavy atom. The molecule has 0 aliphatic carbocycles. The van der Waals surface area contributed by atoms with Crippen LogP contribution < -0.4 is 0 Å². The van der Waals surface area contributed by atoms with Gasteiger partial charge in [-0.15, -0.1) is 0 Å². The predicted molar refractivity (Wildman–Crippen MR) is 159 cm³/mol. The van der Waals surface area contributed by atoms with Gasteiger partial charge in [-0.1, -0.05) is 12.1 Å². The van der Waals surface area contributed by atoms with E-state index in [-0.39, 0.29) is 46.5 Å². The Kier molecular flexibility index (Phi) is 8.60. The Balaban J connectivity index is 1.94. The molecule has 0 saturated carbocycles. The number of hydrogen-bond donors (Lipinski definition) is 1. The van der Waals surface area contributed by atoms with Crippen molar-refractivity contribution in [2.24, 2.45) is 5.41 Å². The fourth-order valence-corrected chi connectivity index (χ4v) is 7.07. The number of phenolic OH excluding ortho intramolecular Hbond substituents is 1. The van der Waals surface area contributed by atoms with E-state index in [1.165, 1.54) is 0 Å². The Hall–Kier alpha value is -2.12. The number of hydrogen-bond acceptors (Lipinski definition) is 7. The largest absolute Gasteiger partial charge is 0.507 e. The van der Waals surface area contributed by atoms with Gasteiger partial charge in [-0.3, -0.25) is 19.4 Å². The van der Waals surface area contributed by atoms with Gasteiger partial charge in [0.15, 0.2) is 5.41 Å². The van der Waals surface area contributed by atoms with Gasteiger partial charge < -0.3 is 14.6 Å². The maximum atomic E-state index is 14.1. The molecule has 1 aromatic rings. The molecule has 3 rings (SSSR count). The van der Waals surface area contributed by atoms with E-state index in [4.69, 9.17) is 9.47 Å². The third kappa shape index (κ3) is 6.35. The van der Waals surface area contributed by atoms with Gasteiger partial charge in [0.1, 0.15) is 18.0 Å². The summed E-state index contributed by atoms with van der Waals surface area (Å²) in [7, 11) is 4.22. The van der Waals surface area contributed by atoms with Gasteiger partial charge in [0.2, 0.25) is 0 Å². The van der Waals surface area contributed by atoms with Crippen molar-refractivity contribution in [3.05, 3.63) is 28.8 Å². The van der Waals surface area contributed by atoms with Crippen LogP contribution in [0.15, 0.2) is 12.1 Å². The van der Waals surface area contributed by atoms with Gasteiger partial charge in [0.05, 0.1) is 0 Å². The second-order valence-electron chi connectivity index (χ2n) is 15.3. The molecule has 7 heteroatoms. The number of aromatic hydroxyl groups is 1. The molecule has 2 aliphatic heterocycles. The van der Waals surface area contributed by atoms with Gasteiger partial charge in [0.25, 0.3) is 0 Å². The average Bonchev–Trinajstić information content (AvgIpc) is 2.78. The summed E-state index contributed by atoms with van der Waals surface area (Å²) in [6, 6.07) is 3.68. The summed E-state index contributed by atoms with van der Waals surface area (Å²) in [5.74, 6) is -0.871. The first kappa shape index (κ1) is 32.4. The lowest BCUT2D eigenvalue weighted by molar-refractivity contribution is -0.186. The first-order valence-electron chi connectivity index (χ1n) is 14.7. The highest BCUT2D eigenvalue weighted by Crippen LogP contribution is 2.42. The van der Waals surface area contributed by atoms with Crippen LogP contribution in [-0.2, 0) is 25.5 Å². The second kappa shape index (κ2) is 10.6. The normalized spacial score (nSPS) is 23.5. The monoisotopic (exact) mass is 558 g/mol. The standard InChI is InChI=1S/C33H54N2O5/c1-21-14-23(15-22(2)26(21)36)16-33(11,27(37)39-24-17-29(3,4)34(12)30(5,6)18-24)28(38)40-25-19-31(7,8)35(13)32(9,10)20-25/h14-15,24-25,36H,16-20H2,1-13H3. The molecule has 2 heterocycles. The predicted octanol–water partition coefficient (Wildman–Crippen LogP) is 5.95. The van der Waals surface area contributed by atoms with Crippen LogP contribution in [0.2, 0.25) is 0 Å². The van der Waals surface area contributed by atoms with Crippen LogP contribution in [0.5, 0.6) is 5.75 Å². The number of piperidine rings is 2. The van der Waals surface area contributed by atoms with Gasteiger partial charge >= 0.3 is 11.9 Å². The lowest BCUT2D eigenvalue weighted by atomic mass is 9.77. The number of nitrogens with zero attached hydrogens (tertiary/aromatic N) is 2. The van der Waals surface area contributed by atoms with Crippen LogP contribution in [0.1, 0.15) is 105 Å². The molecule has 1 aromatic carbocycles. The Labute approximate surface area is 242 Å². The Morgan fingerprint density at radius 2 is 1.07 bits per heavy atom. The number of esters is 2. The van der Waals surface area contributed by atoms with Crippen molar-refractivity contribution in [3.8, 4) is 5.75 Å². The third-order valence-corrected chi connectivity index (χ3v) is 10.1. The van der Waals surface area contributed by atoms with Crippen LogP contribution in [0.3, 0.4) is 0 Å². The number of aryl methyl sites for hydroxylation is 2. The van der Waals surface area contributed by atoms with Crippen LogP contribution in [0.25, 0.3) is 0 Å². The molecule has 7 nitrogen and oxygen atoms in total. The van der Waals surface area contributed by atoms with E-state index in [9.17, 15) is 14.7 Å². The second-order valence-corrected chi connectivity index (χ2v) is 15.3. The van der Waals surface area contributed by atoms with E-state index in [1.54, 1.807) is 6.92 Å². The zero-order valence-electron chi connectivity index (χ0n) is 27.3. The first-order valence-corrected chi connectivity index (χ1v) is 14.7. The summed E-state index contributed by atoms with van der Waals surface area (Å²) in [5.41, 5.74) is -0.00321. The molecule has 2 saturated heterocycles. The number of likely N-dealkylation sites (tertiary alicyclic amines) is 2. The minimum atomic E-state index is -1.54. The van der Waals surface area contributed by atoms with E-state index in [0.717, 1.165) is 5.56 Å². The average molecular weight is 559 g/mol.